The Morgan fingerprint density at radius 2 is 2.00 bits per heavy atom. The first-order valence-electron chi connectivity index (χ1n) is 4.19. The molecular weight excluding hydrogens is 164 g/mol. The highest BCUT2D eigenvalue weighted by Crippen LogP contribution is 2.11. The molecular formula is C10H14N2O. The molecule has 1 amide bonds. The van der Waals surface area contributed by atoms with E-state index < -0.39 is 0 Å². The SMILES string of the molecule is CNCc1ccc(N(C)C=O)cc1. The summed E-state index contributed by atoms with van der Waals surface area (Å²) in [5.74, 6) is 0. The average Bonchev–Trinajstić information content (AvgIpc) is 2.18. The number of nitrogens with one attached hydrogen (secondary N) is 1. The van der Waals surface area contributed by atoms with Crippen LogP contribution in [0.1, 0.15) is 5.56 Å². The molecule has 1 N–H and O–H groups in total. The molecule has 70 valence electrons. The minimum Gasteiger partial charge on any atom is -0.318 e. The van der Waals surface area contributed by atoms with E-state index >= 15 is 0 Å². The van der Waals surface area contributed by atoms with Crippen molar-refractivity contribution >= 4 is 12.1 Å². The number of hydrogen-bond acceptors (Lipinski definition) is 2. The number of carbonyl (C=O) groups is 1. The van der Waals surface area contributed by atoms with Gasteiger partial charge in [-0.1, -0.05) is 12.1 Å². The standard InChI is InChI=1S/C10H14N2O/c1-11-7-9-3-5-10(6-4-9)12(2)8-13/h3-6,8,11H,7H2,1-2H3. The molecule has 13 heavy (non-hydrogen) atoms. The van der Waals surface area contributed by atoms with Gasteiger partial charge in [0.1, 0.15) is 0 Å². The van der Waals surface area contributed by atoms with Crippen molar-refractivity contribution in [2.24, 2.45) is 0 Å². The molecule has 0 aliphatic rings. The second kappa shape index (κ2) is 4.62. The molecule has 0 fully saturated rings. The fourth-order valence-electron chi connectivity index (χ4n) is 1.11. The average molecular weight is 178 g/mol. The van der Waals surface area contributed by atoms with E-state index in [1.54, 1.807) is 11.9 Å². The van der Waals surface area contributed by atoms with Crippen molar-refractivity contribution in [3.8, 4) is 0 Å². The minimum atomic E-state index is 0.799. The Kier molecular flexibility index (Phi) is 3.46. The van der Waals surface area contributed by atoms with Gasteiger partial charge in [-0.25, -0.2) is 0 Å². The van der Waals surface area contributed by atoms with Crippen LogP contribution in [0.25, 0.3) is 0 Å². The highest BCUT2D eigenvalue weighted by molar-refractivity contribution is 5.74. The Balaban J connectivity index is 2.74. The smallest absolute Gasteiger partial charge is 0.213 e. The van der Waals surface area contributed by atoms with Gasteiger partial charge in [0.05, 0.1) is 0 Å². The summed E-state index contributed by atoms with van der Waals surface area (Å²) in [6.07, 6.45) is 0.799. The summed E-state index contributed by atoms with van der Waals surface area (Å²) >= 11 is 0. The molecule has 0 aliphatic carbocycles. The number of carbonyl (C=O) groups excluding carboxylic acids is 1. The maximum Gasteiger partial charge on any atom is 0.213 e. The Morgan fingerprint density at radius 3 is 2.46 bits per heavy atom. The lowest BCUT2D eigenvalue weighted by atomic mass is 10.2. The fraction of sp³-hybridized carbons (Fsp3) is 0.300. The maximum atomic E-state index is 10.4. The van der Waals surface area contributed by atoms with Gasteiger partial charge in [0.25, 0.3) is 0 Å². The van der Waals surface area contributed by atoms with Crippen LogP contribution in [0.5, 0.6) is 0 Å². The topological polar surface area (TPSA) is 32.3 Å². The molecule has 0 bridgehead atoms. The van der Waals surface area contributed by atoms with Gasteiger partial charge in [-0.05, 0) is 24.7 Å². The summed E-state index contributed by atoms with van der Waals surface area (Å²) in [6.45, 7) is 0.852. The normalized spacial score (nSPS) is 9.69. The Bertz CT molecular complexity index is 269. The highest BCUT2D eigenvalue weighted by atomic mass is 16.1. The van der Waals surface area contributed by atoms with Crippen molar-refractivity contribution in [3.63, 3.8) is 0 Å². The first-order chi connectivity index (χ1) is 6.27. The molecule has 0 saturated carbocycles. The Labute approximate surface area is 78.4 Å². The molecule has 0 heterocycles. The van der Waals surface area contributed by atoms with Crippen molar-refractivity contribution in [2.45, 2.75) is 6.54 Å². The van der Waals surface area contributed by atoms with Gasteiger partial charge in [0.15, 0.2) is 0 Å². The van der Waals surface area contributed by atoms with E-state index in [2.05, 4.69) is 5.32 Å². The third kappa shape index (κ3) is 2.56. The zero-order valence-corrected chi connectivity index (χ0v) is 7.95. The Hall–Kier alpha value is -1.35. The Morgan fingerprint density at radius 1 is 1.38 bits per heavy atom. The largest absolute Gasteiger partial charge is 0.318 e. The van der Waals surface area contributed by atoms with Crippen LogP contribution in [-0.4, -0.2) is 20.5 Å². The van der Waals surface area contributed by atoms with E-state index in [-0.39, 0.29) is 0 Å². The third-order valence-electron chi connectivity index (χ3n) is 1.88. The lowest BCUT2D eigenvalue weighted by Gasteiger charge is -2.10. The van der Waals surface area contributed by atoms with E-state index in [4.69, 9.17) is 0 Å². The van der Waals surface area contributed by atoms with Crippen molar-refractivity contribution in [1.82, 2.24) is 5.32 Å². The van der Waals surface area contributed by atoms with Gasteiger partial charge in [-0.2, -0.15) is 0 Å². The van der Waals surface area contributed by atoms with Gasteiger partial charge in [0.2, 0.25) is 6.41 Å². The van der Waals surface area contributed by atoms with E-state index in [1.807, 2.05) is 31.3 Å². The number of hydrogen-bond donors (Lipinski definition) is 1. The molecule has 1 aromatic rings. The molecule has 1 rings (SSSR count). The van der Waals surface area contributed by atoms with Gasteiger partial charge in [-0.3, -0.25) is 4.79 Å². The number of benzene rings is 1. The molecule has 0 aromatic heterocycles. The van der Waals surface area contributed by atoms with Crippen LogP contribution in [0.15, 0.2) is 24.3 Å². The summed E-state index contributed by atoms with van der Waals surface area (Å²) < 4.78 is 0. The summed E-state index contributed by atoms with van der Waals surface area (Å²) in [4.78, 5) is 12.0. The highest BCUT2D eigenvalue weighted by Gasteiger charge is 1.97. The van der Waals surface area contributed by atoms with Crippen LogP contribution in [0, 0.1) is 0 Å². The van der Waals surface area contributed by atoms with Gasteiger partial charge >= 0.3 is 0 Å². The first-order valence-corrected chi connectivity index (χ1v) is 4.19. The van der Waals surface area contributed by atoms with Crippen LogP contribution in [0.3, 0.4) is 0 Å². The lowest BCUT2D eigenvalue weighted by Crippen LogP contribution is -2.13. The molecule has 0 spiro atoms. The van der Waals surface area contributed by atoms with Crippen LogP contribution in [0.4, 0.5) is 5.69 Å². The van der Waals surface area contributed by atoms with Crippen molar-refractivity contribution < 1.29 is 4.79 Å². The number of rotatable bonds is 4. The molecule has 0 unspecified atom stereocenters. The molecule has 0 saturated heterocycles. The van der Waals surface area contributed by atoms with E-state index in [1.165, 1.54) is 5.56 Å². The van der Waals surface area contributed by atoms with Crippen molar-refractivity contribution in [2.75, 3.05) is 19.0 Å². The molecule has 0 atom stereocenters. The van der Waals surface area contributed by atoms with E-state index in [0.717, 1.165) is 18.6 Å². The van der Waals surface area contributed by atoms with E-state index in [9.17, 15) is 4.79 Å². The number of amides is 1. The quantitative estimate of drug-likeness (QED) is 0.697. The molecule has 0 radical (unpaired) electrons. The summed E-state index contributed by atoms with van der Waals surface area (Å²) in [5, 5.41) is 3.06. The number of anilines is 1. The van der Waals surface area contributed by atoms with Crippen molar-refractivity contribution in [1.29, 1.82) is 0 Å². The van der Waals surface area contributed by atoms with Crippen LogP contribution in [0.2, 0.25) is 0 Å². The van der Waals surface area contributed by atoms with Crippen molar-refractivity contribution in [3.05, 3.63) is 29.8 Å². The summed E-state index contributed by atoms with van der Waals surface area (Å²) in [6, 6.07) is 7.87. The molecule has 0 aliphatic heterocycles. The maximum absolute atomic E-state index is 10.4. The van der Waals surface area contributed by atoms with Crippen LogP contribution in [-0.2, 0) is 11.3 Å². The number of nitrogens with zero attached hydrogens (tertiary/aromatic N) is 1. The van der Waals surface area contributed by atoms with Gasteiger partial charge in [0, 0.05) is 19.3 Å². The molecule has 3 heteroatoms. The summed E-state index contributed by atoms with van der Waals surface area (Å²) in [5.41, 5.74) is 2.13. The zero-order chi connectivity index (χ0) is 9.68. The third-order valence-corrected chi connectivity index (χ3v) is 1.88. The first kappa shape index (κ1) is 9.74. The van der Waals surface area contributed by atoms with Crippen LogP contribution < -0.4 is 10.2 Å². The second-order valence-electron chi connectivity index (χ2n) is 2.91. The predicted molar refractivity (Wildman–Crippen MR) is 53.7 cm³/mol. The van der Waals surface area contributed by atoms with E-state index in [0.29, 0.717) is 0 Å². The minimum absolute atomic E-state index is 0.799. The predicted octanol–water partition coefficient (Wildman–Crippen LogP) is 0.999. The molecule has 1 aromatic carbocycles. The molecule has 3 nitrogen and oxygen atoms in total. The monoisotopic (exact) mass is 178 g/mol. The zero-order valence-electron chi connectivity index (χ0n) is 7.95. The summed E-state index contributed by atoms with van der Waals surface area (Å²) in [7, 11) is 3.64. The van der Waals surface area contributed by atoms with Gasteiger partial charge < -0.3 is 10.2 Å². The second-order valence-corrected chi connectivity index (χ2v) is 2.91. The van der Waals surface area contributed by atoms with Gasteiger partial charge in [-0.15, -0.1) is 0 Å². The van der Waals surface area contributed by atoms with Crippen LogP contribution >= 0.6 is 0 Å². The lowest BCUT2D eigenvalue weighted by molar-refractivity contribution is -0.107. The fourth-order valence-corrected chi connectivity index (χ4v) is 1.11.